The first-order valence-corrected chi connectivity index (χ1v) is 7.28. The summed E-state index contributed by atoms with van der Waals surface area (Å²) < 4.78 is 23.6. The highest BCUT2D eigenvalue weighted by molar-refractivity contribution is 6.11. The molecule has 8 nitrogen and oxygen atoms in total. The Morgan fingerprint density at radius 3 is 2.48 bits per heavy atom. The third kappa shape index (κ3) is 3.94. The molecule has 1 heterocycles. The second kappa shape index (κ2) is 7.47. The predicted molar refractivity (Wildman–Crippen MR) is 87.0 cm³/mol. The number of benzene rings is 1. The van der Waals surface area contributed by atoms with Crippen LogP contribution in [0.2, 0.25) is 0 Å². The van der Waals surface area contributed by atoms with E-state index in [4.69, 9.17) is 14.9 Å². The van der Waals surface area contributed by atoms with Crippen molar-refractivity contribution < 1.29 is 27.9 Å². The van der Waals surface area contributed by atoms with E-state index in [0.717, 1.165) is 0 Å². The largest absolute Gasteiger partial charge is 0.462 e. The Hall–Kier alpha value is -3.36. The molecule has 0 unspecified atom stereocenters. The zero-order valence-corrected chi connectivity index (χ0v) is 13.5. The Kier molecular flexibility index (Phi) is 5.38. The highest BCUT2D eigenvalue weighted by atomic mass is 19.1. The highest BCUT2D eigenvalue weighted by Crippen LogP contribution is 2.28. The minimum absolute atomic E-state index is 0.0495. The molecule has 2 rings (SSSR count). The lowest BCUT2D eigenvalue weighted by Crippen LogP contribution is -2.23. The van der Waals surface area contributed by atoms with E-state index in [1.165, 1.54) is 31.2 Å². The number of carbonyl (C=O) groups excluding carboxylic acids is 3. The van der Waals surface area contributed by atoms with Gasteiger partial charge in [-0.25, -0.2) is 14.0 Å². The normalized spacial score (nSPS) is 10.2. The maximum absolute atomic E-state index is 13.6. The van der Waals surface area contributed by atoms with Gasteiger partial charge in [-0.05, 0) is 26.0 Å². The van der Waals surface area contributed by atoms with E-state index in [9.17, 15) is 18.8 Å². The minimum Gasteiger partial charge on any atom is -0.462 e. The van der Waals surface area contributed by atoms with Crippen molar-refractivity contribution in [3.05, 3.63) is 47.0 Å². The number of nitrogens with two attached hydrogens (primary N) is 1. The van der Waals surface area contributed by atoms with Crippen LogP contribution in [-0.4, -0.2) is 24.5 Å². The van der Waals surface area contributed by atoms with Crippen LogP contribution in [0.3, 0.4) is 0 Å². The van der Waals surface area contributed by atoms with Crippen LogP contribution in [0.15, 0.2) is 28.7 Å². The smallest absolute Gasteiger partial charge is 0.342 e. The standard InChI is InChI=1S/C16H16FN3O5/c1-3-24-15(22)11-8(2)25-14(12(11)13(18)21)20-16(23)19-10-7-5-4-6-9(10)17/h4-7H,3H2,1-2H3,(H2,18,21)(H2,19,20,23). The number of furan rings is 1. The summed E-state index contributed by atoms with van der Waals surface area (Å²) in [7, 11) is 0. The third-order valence-corrected chi connectivity index (χ3v) is 3.16. The average Bonchev–Trinajstić information content (AvgIpc) is 2.86. The summed E-state index contributed by atoms with van der Waals surface area (Å²) in [6.45, 7) is 3.09. The fourth-order valence-corrected chi connectivity index (χ4v) is 2.14. The second-order valence-electron chi connectivity index (χ2n) is 4.88. The number of amides is 3. The summed E-state index contributed by atoms with van der Waals surface area (Å²) in [5.74, 6) is -2.72. The first-order chi connectivity index (χ1) is 11.8. The molecule has 0 radical (unpaired) electrons. The van der Waals surface area contributed by atoms with Crippen molar-refractivity contribution in [1.82, 2.24) is 0 Å². The molecule has 4 N–H and O–H groups in total. The van der Waals surface area contributed by atoms with Gasteiger partial charge in [0.05, 0.1) is 12.3 Å². The molecule has 3 amide bonds. The van der Waals surface area contributed by atoms with Gasteiger partial charge in [0.25, 0.3) is 5.91 Å². The summed E-state index contributed by atoms with van der Waals surface area (Å²) in [5.41, 5.74) is 4.71. The molecule has 0 fully saturated rings. The number of primary amides is 1. The molecule has 0 saturated carbocycles. The molecule has 0 aliphatic heterocycles. The van der Waals surface area contributed by atoms with Crippen LogP contribution in [-0.2, 0) is 4.74 Å². The number of aryl methyl sites for hydroxylation is 1. The average molecular weight is 349 g/mol. The molecule has 2 aromatic rings. The molecular weight excluding hydrogens is 333 g/mol. The molecule has 0 spiro atoms. The topological polar surface area (TPSA) is 124 Å². The highest BCUT2D eigenvalue weighted by Gasteiger charge is 2.29. The van der Waals surface area contributed by atoms with E-state index in [1.54, 1.807) is 6.92 Å². The van der Waals surface area contributed by atoms with Crippen molar-refractivity contribution in [3.63, 3.8) is 0 Å². The quantitative estimate of drug-likeness (QED) is 0.716. The number of nitrogens with one attached hydrogen (secondary N) is 2. The number of anilines is 2. The summed E-state index contributed by atoms with van der Waals surface area (Å²) >= 11 is 0. The number of carbonyl (C=O) groups is 3. The van der Waals surface area contributed by atoms with Crippen LogP contribution in [0.5, 0.6) is 0 Å². The van der Waals surface area contributed by atoms with Crippen molar-refractivity contribution in [2.45, 2.75) is 13.8 Å². The minimum atomic E-state index is -0.985. The van der Waals surface area contributed by atoms with Crippen molar-refractivity contribution in [1.29, 1.82) is 0 Å². The van der Waals surface area contributed by atoms with Gasteiger partial charge in [0, 0.05) is 0 Å². The molecule has 9 heteroatoms. The number of halogens is 1. The molecule has 132 valence electrons. The van der Waals surface area contributed by atoms with E-state index >= 15 is 0 Å². The fourth-order valence-electron chi connectivity index (χ4n) is 2.14. The molecule has 1 aromatic carbocycles. The van der Waals surface area contributed by atoms with Crippen LogP contribution in [0.4, 0.5) is 20.8 Å². The molecule has 25 heavy (non-hydrogen) atoms. The summed E-state index contributed by atoms with van der Waals surface area (Å²) in [6.07, 6.45) is 0. The first-order valence-electron chi connectivity index (χ1n) is 7.28. The van der Waals surface area contributed by atoms with Gasteiger partial charge in [-0.1, -0.05) is 12.1 Å². The summed E-state index contributed by atoms with van der Waals surface area (Å²) in [5, 5.41) is 4.49. The maximum Gasteiger partial charge on any atom is 0.342 e. The van der Waals surface area contributed by atoms with E-state index in [0.29, 0.717) is 0 Å². The van der Waals surface area contributed by atoms with Gasteiger partial charge in [0.15, 0.2) is 0 Å². The maximum atomic E-state index is 13.6. The van der Waals surface area contributed by atoms with Gasteiger partial charge < -0.3 is 20.2 Å². The second-order valence-corrected chi connectivity index (χ2v) is 4.88. The third-order valence-electron chi connectivity index (χ3n) is 3.16. The van der Waals surface area contributed by atoms with Crippen LogP contribution >= 0.6 is 0 Å². The fraction of sp³-hybridized carbons (Fsp3) is 0.188. The van der Waals surface area contributed by atoms with Crippen LogP contribution in [0, 0.1) is 12.7 Å². The lowest BCUT2D eigenvalue weighted by Gasteiger charge is -2.07. The van der Waals surface area contributed by atoms with Crippen molar-refractivity contribution in [3.8, 4) is 0 Å². The lowest BCUT2D eigenvalue weighted by atomic mass is 10.1. The number of esters is 1. The molecular formula is C16H16FN3O5. The number of rotatable bonds is 5. The Morgan fingerprint density at radius 2 is 1.88 bits per heavy atom. The number of para-hydroxylation sites is 1. The summed E-state index contributed by atoms with van der Waals surface area (Å²) in [4.78, 5) is 35.6. The molecule has 1 aromatic heterocycles. The van der Waals surface area contributed by atoms with E-state index < -0.39 is 23.7 Å². The van der Waals surface area contributed by atoms with E-state index in [2.05, 4.69) is 10.6 Å². The van der Waals surface area contributed by atoms with Crippen LogP contribution in [0.1, 0.15) is 33.4 Å². The number of hydrogen-bond donors (Lipinski definition) is 3. The summed E-state index contributed by atoms with van der Waals surface area (Å²) in [6, 6.07) is 4.63. The van der Waals surface area contributed by atoms with Crippen molar-refractivity contribution in [2.24, 2.45) is 5.73 Å². The zero-order chi connectivity index (χ0) is 18.6. The van der Waals surface area contributed by atoms with Crippen LogP contribution < -0.4 is 16.4 Å². The van der Waals surface area contributed by atoms with Gasteiger partial charge >= 0.3 is 12.0 Å². The van der Waals surface area contributed by atoms with E-state index in [-0.39, 0.29) is 35.1 Å². The Balaban J connectivity index is 2.29. The van der Waals surface area contributed by atoms with Gasteiger partial charge in [-0.15, -0.1) is 0 Å². The predicted octanol–water partition coefficient (Wildman–Crippen LogP) is 2.65. The molecule has 0 saturated heterocycles. The van der Waals surface area contributed by atoms with Gasteiger partial charge in [0.1, 0.15) is 22.7 Å². The Morgan fingerprint density at radius 1 is 1.20 bits per heavy atom. The van der Waals surface area contributed by atoms with E-state index in [1.807, 2.05) is 0 Å². The Labute approximate surface area is 142 Å². The molecule has 0 aliphatic carbocycles. The molecule has 0 atom stereocenters. The monoisotopic (exact) mass is 349 g/mol. The van der Waals surface area contributed by atoms with Gasteiger partial charge in [0.2, 0.25) is 5.88 Å². The number of urea groups is 1. The Bertz CT molecular complexity index is 831. The van der Waals surface area contributed by atoms with Crippen molar-refractivity contribution in [2.75, 3.05) is 17.2 Å². The van der Waals surface area contributed by atoms with Gasteiger partial charge in [-0.2, -0.15) is 0 Å². The first kappa shape index (κ1) is 18.0. The molecule has 0 bridgehead atoms. The molecule has 0 aliphatic rings. The van der Waals surface area contributed by atoms with Crippen molar-refractivity contribution >= 4 is 29.5 Å². The van der Waals surface area contributed by atoms with Gasteiger partial charge in [-0.3, -0.25) is 10.1 Å². The number of ether oxygens (including phenoxy) is 1. The lowest BCUT2D eigenvalue weighted by molar-refractivity contribution is 0.0521. The number of hydrogen-bond acceptors (Lipinski definition) is 5. The SMILES string of the molecule is CCOC(=O)c1c(C)oc(NC(=O)Nc2ccccc2F)c1C(N)=O. The zero-order valence-electron chi connectivity index (χ0n) is 13.5. The van der Waals surface area contributed by atoms with Crippen LogP contribution in [0.25, 0.3) is 0 Å².